The topological polar surface area (TPSA) is 25.4 Å². The first-order valence-electron chi connectivity index (χ1n) is 32.1. The third kappa shape index (κ3) is 8.24. The molecule has 0 bridgehead atoms. The molecule has 94 heavy (non-hydrogen) atoms. The van der Waals surface area contributed by atoms with Crippen LogP contribution in [-0.2, 0) is 0 Å². The minimum Gasteiger partial charge on any atom is -0.0602 e. The zero-order chi connectivity index (χ0) is 61.5. The number of hydrogen-bond donors (Lipinski definition) is 0. The molecule has 14 aromatic carbocycles. The number of benzene rings is 14. The van der Waals surface area contributed by atoms with E-state index in [1.54, 1.807) is 0 Å². The predicted octanol–water partition coefficient (Wildman–Crippen LogP) is 17.8. The second-order valence-corrected chi connectivity index (χ2v) is 29.3. The SMILES string of the molecule is c1ccc(N(c2ccccc2)c2cc3c4c(c2)N(c2ccccc2)c2cc5c(cc2B4c2ccccc2N3c2ccccc2)B2c3ccccc3N(c3ccc4[se]c6ccccc6c4c3)c3cc(N(c4ccccc4)c4ccc6[se]c7ccccc7c6c4)cc(c32)O5)cc1. The van der Waals surface area contributed by atoms with Crippen LogP contribution < -0.4 is 62.0 Å². The Balaban J connectivity index is 0.857. The molecule has 10 heteroatoms. The molecule has 0 atom stereocenters. The van der Waals surface area contributed by atoms with Crippen LogP contribution in [0, 0.1) is 0 Å². The van der Waals surface area contributed by atoms with Crippen LogP contribution in [0.15, 0.2) is 322 Å². The third-order valence-electron chi connectivity index (χ3n) is 19.6. The largest absolute Gasteiger partial charge is 0.0602 e. The fourth-order valence-electron chi connectivity index (χ4n) is 15.7. The van der Waals surface area contributed by atoms with Gasteiger partial charge >= 0.3 is 333 Å². The molecule has 0 unspecified atom stereocenters. The molecular formula is C84H53B2N5OSe2. The number of para-hydroxylation sites is 7. The molecular weight excluding hydrogens is 1270 g/mol. The van der Waals surface area contributed by atoms with Crippen molar-refractivity contribution in [3.8, 4) is 11.5 Å². The quantitative estimate of drug-likeness (QED) is 0.134. The van der Waals surface area contributed by atoms with Crippen molar-refractivity contribution in [2.24, 2.45) is 0 Å². The fourth-order valence-corrected chi connectivity index (χ4v) is 20.2. The zero-order valence-corrected chi connectivity index (χ0v) is 54.1. The van der Waals surface area contributed by atoms with Gasteiger partial charge in [-0.25, -0.2) is 0 Å². The summed E-state index contributed by atoms with van der Waals surface area (Å²) in [5, 5.41) is 5.29. The average molecular weight is 1330 g/mol. The van der Waals surface area contributed by atoms with Crippen molar-refractivity contribution in [3.63, 3.8) is 0 Å². The van der Waals surface area contributed by atoms with Crippen molar-refractivity contribution < 1.29 is 4.74 Å². The van der Waals surface area contributed by atoms with Gasteiger partial charge in [-0.1, -0.05) is 91.0 Å². The van der Waals surface area contributed by atoms with E-state index in [1.807, 2.05) is 0 Å². The predicted molar refractivity (Wildman–Crippen MR) is 400 cm³/mol. The maximum absolute atomic E-state index is 7.90. The van der Waals surface area contributed by atoms with Crippen LogP contribution in [0.1, 0.15) is 0 Å². The number of anilines is 15. The summed E-state index contributed by atoms with van der Waals surface area (Å²) < 4.78 is 13.6. The molecule has 6 nitrogen and oxygen atoms in total. The summed E-state index contributed by atoms with van der Waals surface area (Å²) in [5.41, 5.74) is 23.6. The Morgan fingerprint density at radius 2 is 0.670 bits per heavy atom. The molecule has 0 amide bonds. The molecule has 20 rings (SSSR count). The Hall–Kier alpha value is -11.0. The van der Waals surface area contributed by atoms with E-state index in [9.17, 15) is 0 Å². The summed E-state index contributed by atoms with van der Waals surface area (Å²) in [4.78, 5) is 12.4. The summed E-state index contributed by atoms with van der Waals surface area (Å²) in [7, 11) is 0. The second-order valence-electron chi connectivity index (χ2n) is 24.7. The molecule has 0 saturated carbocycles. The fraction of sp³-hybridized carbons (Fsp3) is 0. The van der Waals surface area contributed by atoms with Crippen molar-refractivity contribution in [2.45, 2.75) is 0 Å². The molecule has 16 aromatic rings. The average Bonchev–Trinajstić information content (AvgIpc) is 0.862. The Morgan fingerprint density at radius 3 is 1.24 bits per heavy atom. The van der Waals surface area contributed by atoms with E-state index >= 15 is 0 Å². The van der Waals surface area contributed by atoms with Gasteiger partial charge in [0.2, 0.25) is 0 Å². The molecule has 2 aromatic heterocycles. The Morgan fingerprint density at radius 1 is 0.245 bits per heavy atom. The smallest absolute Gasteiger partial charge is 0.0380 e. The molecule has 0 spiro atoms. The Bertz CT molecular complexity index is 5690. The van der Waals surface area contributed by atoms with E-state index in [0.29, 0.717) is 0 Å². The van der Waals surface area contributed by atoms with Gasteiger partial charge in [0.05, 0.1) is 5.69 Å². The van der Waals surface area contributed by atoms with Crippen molar-refractivity contribution in [1.82, 2.24) is 0 Å². The first kappa shape index (κ1) is 53.7. The minimum absolute atomic E-state index is 0.160. The van der Waals surface area contributed by atoms with Gasteiger partial charge in [0.15, 0.2) is 0 Å². The molecule has 0 fully saturated rings. The van der Waals surface area contributed by atoms with Gasteiger partial charge in [-0.2, -0.15) is 0 Å². The Labute approximate surface area is 557 Å². The van der Waals surface area contributed by atoms with Crippen LogP contribution in [0.2, 0.25) is 0 Å². The zero-order valence-electron chi connectivity index (χ0n) is 50.7. The van der Waals surface area contributed by atoms with E-state index in [2.05, 4.69) is 346 Å². The summed E-state index contributed by atoms with van der Waals surface area (Å²) in [6.45, 7) is -0.354. The summed E-state index contributed by atoms with van der Waals surface area (Å²) in [6, 6.07) is 120. The van der Waals surface area contributed by atoms with Gasteiger partial charge in [-0.15, -0.1) is 0 Å². The normalized spacial score (nSPS) is 13.1. The van der Waals surface area contributed by atoms with Crippen molar-refractivity contribution in [2.75, 3.05) is 24.5 Å². The summed E-state index contributed by atoms with van der Waals surface area (Å²) >= 11 is 0.455. The number of nitrogens with zero attached hydrogens (tertiary/aromatic N) is 5. The monoisotopic (exact) mass is 1330 g/mol. The summed E-state index contributed by atoms with van der Waals surface area (Å²) in [5.74, 6) is 1.68. The Kier molecular flexibility index (Phi) is 12.2. The van der Waals surface area contributed by atoms with Crippen LogP contribution in [0.3, 0.4) is 0 Å². The molecule has 4 aliphatic heterocycles. The maximum atomic E-state index is 7.90. The third-order valence-corrected chi connectivity index (χ3v) is 24.4. The van der Waals surface area contributed by atoms with Crippen LogP contribution in [-0.4, -0.2) is 42.4 Å². The van der Waals surface area contributed by atoms with Crippen molar-refractivity contribution in [1.29, 1.82) is 0 Å². The molecule has 0 saturated heterocycles. The molecule has 4 aliphatic rings. The van der Waals surface area contributed by atoms with Crippen LogP contribution >= 0.6 is 0 Å². The van der Waals surface area contributed by atoms with Gasteiger partial charge in [0.1, 0.15) is 0 Å². The van der Waals surface area contributed by atoms with E-state index < -0.39 is 0 Å². The first-order chi connectivity index (χ1) is 46.6. The summed E-state index contributed by atoms with van der Waals surface area (Å²) in [6.07, 6.45) is 0. The second kappa shape index (κ2) is 21.3. The maximum Gasteiger partial charge on any atom is -0.0380 e. The van der Waals surface area contributed by atoms with Gasteiger partial charge in [0.25, 0.3) is 0 Å². The minimum atomic E-state index is -0.193. The van der Waals surface area contributed by atoms with E-state index in [-0.39, 0.29) is 42.4 Å². The number of hydrogen-bond acceptors (Lipinski definition) is 6. The van der Waals surface area contributed by atoms with Crippen LogP contribution in [0.5, 0.6) is 11.5 Å². The van der Waals surface area contributed by atoms with Gasteiger partial charge in [-0.3, -0.25) is 0 Å². The van der Waals surface area contributed by atoms with E-state index in [0.717, 1.165) is 108 Å². The van der Waals surface area contributed by atoms with Crippen LogP contribution in [0.25, 0.3) is 38.6 Å². The van der Waals surface area contributed by atoms with Crippen molar-refractivity contribution in [3.05, 3.63) is 322 Å². The van der Waals surface area contributed by atoms with E-state index in [1.165, 1.54) is 60.4 Å². The first-order valence-corrected chi connectivity index (χ1v) is 35.5. The van der Waals surface area contributed by atoms with Crippen molar-refractivity contribution >= 4 is 199 Å². The standard InChI is InChI=1S/C84H53B2N5OSe2/c1-6-24-54(25-7-1)87(55-26-8-2-9-27-55)61-48-74-83-75(49-61)90(58-32-14-5-15-33-58)73-53-77-70(52-69(73)85(83)67-36-18-20-38-71(67)89(74)57-30-12-4-13-31-57)86-68-37-19-21-39-72(68)91(60-43-45-82-66(47-60)64-35-17-23-41-80(64)94-82)76-50-62(51-78(92-77)84(76)86)88(56-28-10-3-11-29-56)59-42-44-81-65(46-59)63-34-16-22-40-79(63)93-81/h1-53H. The number of fused-ring (bicyclic) bond motifs is 14. The molecule has 0 radical (unpaired) electrons. The molecule has 0 N–H and O–H groups in total. The van der Waals surface area contributed by atoms with Crippen LogP contribution in [0.4, 0.5) is 85.3 Å². The number of rotatable bonds is 9. The van der Waals surface area contributed by atoms with Gasteiger partial charge in [-0.05, 0) is 77.7 Å². The molecule has 6 heterocycles. The van der Waals surface area contributed by atoms with E-state index in [4.69, 9.17) is 4.74 Å². The number of ether oxygens (including phenoxy) is 1. The van der Waals surface area contributed by atoms with Gasteiger partial charge < -0.3 is 14.7 Å². The molecule has 0 aliphatic carbocycles. The van der Waals surface area contributed by atoms with Gasteiger partial charge in [0, 0.05) is 39.8 Å². The molecule has 438 valence electrons.